The number of carbonyl (C=O) groups excluding carboxylic acids is 1. The maximum Gasteiger partial charge on any atom is 0.323 e. The Hall–Kier alpha value is -3.15. The lowest BCUT2D eigenvalue weighted by atomic mass is 9.64. The summed E-state index contributed by atoms with van der Waals surface area (Å²) < 4.78 is 46.7. The predicted molar refractivity (Wildman–Crippen MR) is 115 cm³/mol. The Bertz CT molecular complexity index is 1250. The van der Waals surface area contributed by atoms with Gasteiger partial charge in [0.1, 0.15) is 24.2 Å². The number of likely N-dealkylation sites (tertiary alicyclic amines) is 1. The van der Waals surface area contributed by atoms with Crippen molar-refractivity contribution in [1.82, 2.24) is 29.9 Å². The molecule has 180 valence electrons. The van der Waals surface area contributed by atoms with Gasteiger partial charge in [-0.3, -0.25) is 0 Å². The van der Waals surface area contributed by atoms with Crippen molar-refractivity contribution < 1.29 is 22.4 Å². The van der Waals surface area contributed by atoms with E-state index in [1.807, 2.05) is 0 Å². The van der Waals surface area contributed by atoms with Gasteiger partial charge < -0.3 is 14.6 Å². The van der Waals surface area contributed by atoms with Gasteiger partial charge in [-0.2, -0.15) is 5.10 Å². The molecule has 2 bridgehead atoms. The van der Waals surface area contributed by atoms with Gasteiger partial charge in [0.25, 0.3) is 6.43 Å². The number of nitrogens with one attached hydrogen (secondary N) is 1. The summed E-state index contributed by atoms with van der Waals surface area (Å²) in [5.41, 5.74) is -0.676. The van der Waals surface area contributed by atoms with Crippen LogP contribution in [0.2, 0.25) is 5.02 Å². The van der Waals surface area contributed by atoms with Crippen molar-refractivity contribution in [3.63, 3.8) is 0 Å². The first-order valence-corrected chi connectivity index (χ1v) is 11.1. The summed E-state index contributed by atoms with van der Waals surface area (Å²) in [6.45, 7) is 3.15. The topological polar surface area (TPSA) is 102 Å². The van der Waals surface area contributed by atoms with Gasteiger partial charge in [-0.15, -0.1) is 10.2 Å². The maximum absolute atomic E-state index is 14.7. The number of amides is 2. The number of nitrogens with zero attached hydrogens (tertiary/aromatic N) is 6. The smallest absolute Gasteiger partial charge is 0.323 e. The number of halogens is 4. The Morgan fingerprint density at radius 1 is 1.35 bits per heavy atom. The number of aromatic nitrogens is 5. The highest BCUT2D eigenvalue weighted by molar-refractivity contribution is 6.33. The third-order valence-electron chi connectivity index (χ3n) is 6.30. The number of hydrogen-bond acceptors (Lipinski definition) is 6. The summed E-state index contributed by atoms with van der Waals surface area (Å²) >= 11 is 6.16. The number of aryl methyl sites for hydroxylation is 1. The standard InChI is InChI=1S/C21H21ClF3N7O2/c1-10-3-12-7-21(6-10,19-29-28-11(2)34-19)32(12)20(33)27-16-4-13(14(22)5-15(16)23)18-26-9-31(30-18)8-17(24)25/h4-5,9-10,12,17H,3,6-8H2,1-2H3,(H,27,33)/t10-,12?,21?/m0/s1. The van der Waals surface area contributed by atoms with Crippen LogP contribution in [0.1, 0.15) is 38.0 Å². The molecule has 2 aromatic heterocycles. The lowest BCUT2D eigenvalue weighted by molar-refractivity contribution is -0.110. The summed E-state index contributed by atoms with van der Waals surface area (Å²) in [6, 6.07) is 1.76. The van der Waals surface area contributed by atoms with Crippen LogP contribution in [0, 0.1) is 18.7 Å². The van der Waals surface area contributed by atoms with Crippen LogP contribution < -0.4 is 5.32 Å². The molecule has 0 radical (unpaired) electrons. The van der Waals surface area contributed by atoms with Crippen molar-refractivity contribution in [2.45, 2.75) is 57.7 Å². The van der Waals surface area contributed by atoms with Gasteiger partial charge in [0.2, 0.25) is 11.8 Å². The molecule has 2 amide bonds. The summed E-state index contributed by atoms with van der Waals surface area (Å²) in [4.78, 5) is 18.9. The van der Waals surface area contributed by atoms with Crippen LogP contribution in [-0.4, -0.2) is 48.4 Å². The first-order chi connectivity index (χ1) is 16.2. The molecule has 2 aliphatic rings. The second-order valence-electron chi connectivity index (χ2n) is 8.85. The average molecular weight is 496 g/mol. The van der Waals surface area contributed by atoms with Gasteiger partial charge in [0, 0.05) is 24.9 Å². The zero-order valence-electron chi connectivity index (χ0n) is 18.3. The highest BCUT2D eigenvalue weighted by atomic mass is 35.5. The first-order valence-electron chi connectivity index (χ1n) is 10.7. The number of carbonyl (C=O) groups is 1. The molecule has 3 aromatic rings. The third-order valence-corrected chi connectivity index (χ3v) is 6.62. The van der Waals surface area contributed by atoms with E-state index in [9.17, 15) is 18.0 Å². The number of rotatable bonds is 5. The summed E-state index contributed by atoms with van der Waals surface area (Å²) in [5.74, 6) is 0.403. The number of alkyl halides is 2. The zero-order valence-corrected chi connectivity index (χ0v) is 19.1. The molecule has 13 heteroatoms. The minimum Gasteiger partial charge on any atom is -0.423 e. The van der Waals surface area contributed by atoms with Crippen LogP contribution in [0.25, 0.3) is 11.4 Å². The van der Waals surface area contributed by atoms with E-state index < -0.39 is 30.4 Å². The Balaban J connectivity index is 1.42. The van der Waals surface area contributed by atoms with Crippen LogP contribution in [0.5, 0.6) is 0 Å². The molecule has 2 fully saturated rings. The van der Waals surface area contributed by atoms with Gasteiger partial charge in [0.15, 0.2) is 5.82 Å². The first kappa shape index (κ1) is 22.6. The van der Waals surface area contributed by atoms with Crippen LogP contribution >= 0.6 is 11.6 Å². The van der Waals surface area contributed by atoms with Crippen LogP contribution in [0.3, 0.4) is 0 Å². The number of fused-ring (bicyclic) bond motifs is 2. The number of piperidine rings is 1. The van der Waals surface area contributed by atoms with Crippen LogP contribution in [-0.2, 0) is 12.1 Å². The van der Waals surface area contributed by atoms with E-state index in [0.29, 0.717) is 30.5 Å². The van der Waals surface area contributed by atoms with E-state index in [-0.39, 0.29) is 28.1 Å². The van der Waals surface area contributed by atoms with E-state index in [4.69, 9.17) is 16.0 Å². The van der Waals surface area contributed by atoms with Crippen LogP contribution in [0.4, 0.5) is 23.7 Å². The Morgan fingerprint density at radius 2 is 2.15 bits per heavy atom. The van der Waals surface area contributed by atoms with Crippen molar-refractivity contribution >= 4 is 23.3 Å². The molecule has 3 heterocycles. The quantitative estimate of drug-likeness (QED) is 0.554. The second kappa shape index (κ2) is 8.26. The van der Waals surface area contributed by atoms with E-state index in [1.54, 1.807) is 11.8 Å². The molecule has 5 rings (SSSR count). The number of hydrogen-bond donors (Lipinski definition) is 1. The lowest BCUT2D eigenvalue weighted by Crippen LogP contribution is -2.70. The van der Waals surface area contributed by atoms with Crippen molar-refractivity contribution in [1.29, 1.82) is 0 Å². The molecular formula is C21H21ClF3N7O2. The lowest BCUT2D eigenvalue weighted by Gasteiger charge is -2.61. The molecule has 3 atom stereocenters. The van der Waals surface area contributed by atoms with Crippen molar-refractivity contribution in [2.75, 3.05) is 5.32 Å². The Labute approximate surface area is 197 Å². The summed E-state index contributed by atoms with van der Waals surface area (Å²) in [7, 11) is 0. The summed E-state index contributed by atoms with van der Waals surface area (Å²) in [5, 5.41) is 14.6. The predicted octanol–water partition coefficient (Wildman–Crippen LogP) is 4.63. The molecule has 34 heavy (non-hydrogen) atoms. The average Bonchev–Trinajstić information content (AvgIpc) is 3.38. The minimum absolute atomic E-state index is 0.0160. The zero-order chi connectivity index (χ0) is 24.2. The van der Waals surface area contributed by atoms with E-state index in [2.05, 4.69) is 32.5 Å². The molecular weight excluding hydrogens is 475 g/mol. The van der Waals surface area contributed by atoms with Crippen molar-refractivity contribution in [3.05, 3.63) is 41.1 Å². The molecule has 2 unspecified atom stereocenters. The molecule has 1 N–H and O–H groups in total. The van der Waals surface area contributed by atoms with Crippen molar-refractivity contribution in [3.8, 4) is 11.4 Å². The van der Waals surface area contributed by atoms with E-state index in [1.165, 1.54) is 6.07 Å². The highest BCUT2D eigenvalue weighted by Gasteiger charge is 2.62. The monoisotopic (exact) mass is 495 g/mol. The Morgan fingerprint density at radius 3 is 2.85 bits per heavy atom. The fraction of sp³-hybridized carbons (Fsp3) is 0.476. The number of benzene rings is 1. The molecule has 1 aliphatic heterocycles. The van der Waals surface area contributed by atoms with Gasteiger partial charge >= 0.3 is 6.03 Å². The molecule has 1 saturated carbocycles. The minimum atomic E-state index is -2.61. The van der Waals surface area contributed by atoms with E-state index in [0.717, 1.165) is 23.5 Å². The normalized spacial score (nSPS) is 23.8. The fourth-order valence-corrected chi connectivity index (χ4v) is 5.31. The molecule has 1 aliphatic carbocycles. The molecule has 1 aromatic carbocycles. The van der Waals surface area contributed by atoms with Crippen LogP contribution in [0.15, 0.2) is 22.9 Å². The molecule has 0 spiro atoms. The van der Waals surface area contributed by atoms with Gasteiger partial charge in [-0.1, -0.05) is 18.5 Å². The van der Waals surface area contributed by atoms with Crippen molar-refractivity contribution in [2.24, 2.45) is 5.92 Å². The fourth-order valence-electron chi connectivity index (χ4n) is 5.07. The largest absolute Gasteiger partial charge is 0.423 e. The highest BCUT2D eigenvalue weighted by Crippen LogP contribution is 2.55. The maximum atomic E-state index is 14.7. The molecule has 9 nitrogen and oxygen atoms in total. The third kappa shape index (κ3) is 3.79. The molecule has 1 saturated heterocycles. The second-order valence-corrected chi connectivity index (χ2v) is 9.26. The number of anilines is 1. The SMILES string of the molecule is Cc1nnc(C23CC(C[C@H](C)C2)N3C(=O)Nc2cc(-c3ncn(CC(F)F)n3)c(Cl)cc2F)o1. The summed E-state index contributed by atoms with van der Waals surface area (Å²) in [6.07, 6.45) is 0.673. The number of urea groups is 1. The van der Waals surface area contributed by atoms with E-state index >= 15 is 0 Å². The Kier molecular flexibility index (Phi) is 5.50. The van der Waals surface area contributed by atoms with Gasteiger partial charge in [-0.25, -0.2) is 27.6 Å². The van der Waals surface area contributed by atoms with Gasteiger partial charge in [-0.05, 0) is 30.9 Å². The van der Waals surface area contributed by atoms with Gasteiger partial charge in [0.05, 0.1) is 10.7 Å².